The molecule has 20 heavy (non-hydrogen) atoms. The average Bonchev–Trinajstić information content (AvgIpc) is 2.49. The summed E-state index contributed by atoms with van der Waals surface area (Å²) in [6.07, 6.45) is 3.38. The predicted molar refractivity (Wildman–Crippen MR) is 84.1 cm³/mol. The van der Waals surface area contributed by atoms with E-state index in [1.165, 1.54) is 0 Å². The first-order chi connectivity index (χ1) is 9.65. The zero-order valence-corrected chi connectivity index (χ0v) is 12.8. The van der Waals surface area contributed by atoms with Gasteiger partial charge >= 0.3 is 0 Å². The summed E-state index contributed by atoms with van der Waals surface area (Å²) < 4.78 is 0.783. The number of hydrogen-bond donors (Lipinski definition) is 0. The van der Waals surface area contributed by atoms with E-state index in [0.29, 0.717) is 17.8 Å². The quantitative estimate of drug-likeness (QED) is 0.849. The normalized spacial score (nSPS) is 10.1. The molecule has 0 unspecified atom stereocenters. The summed E-state index contributed by atoms with van der Waals surface area (Å²) in [6, 6.07) is 11.1. The van der Waals surface area contributed by atoms with E-state index in [2.05, 4.69) is 27.5 Å². The van der Waals surface area contributed by atoms with E-state index < -0.39 is 0 Å². The van der Waals surface area contributed by atoms with E-state index in [4.69, 9.17) is 0 Å². The van der Waals surface area contributed by atoms with Gasteiger partial charge in [-0.2, -0.15) is 0 Å². The summed E-state index contributed by atoms with van der Waals surface area (Å²) in [5, 5.41) is 0. The highest BCUT2D eigenvalue weighted by molar-refractivity contribution is 9.10. The van der Waals surface area contributed by atoms with Crippen LogP contribution in [0.25, 0.3) is 5.70 Å². The molecule has 0 atom stereocenters. The maximum atomic E-state index is 12.6. The van der Waals surface area contributed by atoms with Gasteiger partial charge in [0.2, 0.25) is 0 Å². The fraction of sp³-hybridized carbons (Fsp3) is 0.125. The third-order valence-corrected chi connectivity index (χ3v) is 3.70. The number of aromatic nitrogens is 1. The van der Waals surface area contributed by atoms with Gasteiger partial charge in [0.1, 0.15) is 0 Å². The lowest BCUT2D eigenvalue weighted by Crippen LogP contribution is -2.29. The summed E-state index contributed by atoms with van der Waals surface area (Å²) in [6.45, 7) is 6.52. The Hall–Kier alpha value is -1.94. The predicted octanol–water partition coefficient (Wildman–Crippen LogP) is 3.98. The Labute approximate surface area is 127 Å². The highest BCUT2D eigenvalue weighted by Gasteiger charge is 2.19. The molecule has 0 bridgehead atoms. The van der Waals surface area contributed by atoms with Gasteiger partial charge in [-0.25, -0.2) is 0 Å². The van der Waals surface area contributed by atoms with E-state index in [9.17, 15) is 4.79 Å². The van der Waals surface area contributed by atoms with Crippen LogP contribution in [0.1, 0.15) is 22.8 Å². The molecule has 0 saturated heterocycles. The Kier molecular flexibility index (Phi) is 4.69. The summed E-state index contributed by atoms with van der Waals surface area (Å²) in [5.74, 6) is -0.0678. The number of carbonyl (C=O) groups is 1. The van der Waals surface area contributed by atoms with Crippen molar-refractivity contribution in [2.75, 3.05) is 6.54 Å². The fourth-order valence-corrected chi connectivity index (χ4v) is 2.39. The second-order valence-corrected chi connectivity index (χ2v) is 5.07. The fourth-order valence-electron chi connectivity index (χ4n) is 1.94. The minimum Gasteiger partial charge on any atom is -0.309 e. The first kappa shape index (κ1) is 14.5. The third-order valence-electron chi connectivity index (χ3n) is 3.01. The number of halogens is 1. The maximum Gasteiger partial charge on any atom is 0.259 e. The molecule has 4 heteroatoms. The molecule has 102 valence electrons. The Bertz CT molecular complexity index is 625. The molecule has 0 fully saturated rings. The Balaban J connectivity index is 2.31. The monoisotopic (exact) mass is 330 g/mol. The minimum absolute atomic E-state index is 0.0678. The van der Waals surface area contributed by atoms with Gasteiger partial charge in [-0.1, -0.05) is 18.7 Å². The third kappa shape index (κ3) is 2.96. The van der Waals surface area contributed by atoms with Gasteiger partial charge in [-0.05, 0) is 47.1 Å². The van der Waals surface area contributed by atoms with Gasteiger partial charge in [-0.15, -0.1) is 0 Å². The van der Waals surface area contributed by atoms with E-state index >= 15 is 0 Å². The van der Waals surface area contributed by atoms with Crippen molar-refractivity contribution in [2.45, 2.75) is 6.92 Å². The average molecular weight is 331 g/mol. The van der Waals surface area contributed by atoms with E-state index in [1.807, 2.05) is 37.3 Å². The smallest absolute Gasteiger partial charge is 0.259 e. The Morgan fingerprint density at radius 1 is 1.25 bits per heavy atom. The van der Waals surface area contributed by atoms with Gasteiger partial charge < -0.3 is 4.90 Å². The first-order valence-corrected chi connectivity index (χ1v) is 7.10. The minimum atomic E-state index is -0.0678. The summed E-state index contributed by atoms with van der Waals surface area (Å²) in [4.78, 5) is 18.3. The molecule has 0 saturated carbocycles. The Morgan fingerprint density at radius 3 is 2.50 bits per heavy atom. The van der Waals surface area contributed by atoms with Crippen molar-refractivity contribution >= 4 is 27.5 Å². The van der Waals surface area contributed by atoms with Crippen LogP contribution in [-0.2, 0) is 0 Å². The molecule has 1 aromatic carbocycles. The van der Waals surface area contributed by atoms with Crippen molar-refractivity contribution in [1.82, 2.24) is 9.88 Å². The Morgan fingerprint density at radius 2 is 1.90 bits per heavy atom. The standard InChI is InChI=1S/C16H15BrN2O/c1-3-19(12(2)13-8-10-18-11-9-13)16(20)14-6-4-5-7-15(14)17/h4-11H,2-3H2,1H3. The van der Waals surface area contributed by atoms with E-state index in [0.717, 1.165) is 10.0 Å². The largest absolute Gasteiger partial charge is 0.309 e. The van der Waals surface area contributed by atoms with Crippen LogP contribution in [0.3, 0.4) is 0 Å². The molecule has 2 aromatic rings. The molecule has 2 rings (SSSR count). The highest BCUT2D eigenvalue weighted by atomic mass is 79.9. The molecule has 0 aliphatic heterocycles. The van der Waals surface area contributed by atoms with Crippen LogP contribution in [0.15, 0.2) is 59.8 Å². The van der Waals surface area contributed by atoms with Crippen molar-refractivity contribution in [3.8, 4) is 0 Å². The zero-order valence-electron chi connectivity index (χ0n) is 11.2. The number of hydrogen-bond acceptors (Lipinski definition) is 2. The molecule has 0 radical (unpaired) electrons. The lowest BCUT2D eigenvalue weighted by Gasteiger charge is -2.24. The number of benzene rings is 1. The van der Waals surface area contributed by atoms with Crippen molar-refractivity contribution in [3.05, 3.63) is 71.0 Å². The number of carbonyl (C=O) groups excluding carboxylic acids is 1. The van der Waals surface area contributed by atoms with E-state index in [-0.39, 0.29) is 5.91 Å². The SMILES string of the molecule is C=C(c1ccncc1)N(CC)C(=O)c1ccccc1Br. The van der Waals surface area contributed by atoms with E-state index in [1.54, 1.807) is 23.4 Å². The van der Waals surface area contributed by atoms with Crippen molar-refractivity contribution < 1.29 is 4.79 Å². The van der Waals surface area contributed by atoms with Crippen LogP contribution >= 0.6 is 15.9 Å². The molecular weight excluding hydrogens is 316 g/mol. The number of amides is 1. The van der Waals surface area contributed by atoms with Crippen LogP contribution in [0.4, 0.5) is 0 Å². The van der Waals surface area contributed by atoms with Gasteiger partial charge in [-0.3, -0.25) is 9.78 Å². The maximum absolute atomic E-state index is 12.6. The lowest BCUT2D eigenvalue weighted by molar-refractivity contribution is 0.0840. The second-order valence-electron chi connectivity index (χ2n) is 4.21. The van der Waals surface area contributed by atoms with Crippen molar-refractivity contribution in [2.24, 2.45) is 0 Å². The molecule has 1 amide bonds. The van der Waals surface area contributed by atoms with Gasteiger partial charge in [0.15, 0.2) is 0 Å². The molecule has 1 aromatic heterocycles. The van der Waals surface area contributed by atoms with Crippen LogP contribution in [0, 0.1) is 0 Å². The van der Waals surface area contributed by atoms with Crippen LogP contribution in [0.2, 0.25) is 0 Å². The molecule has 0 aliphatic rings. The number of pyridine rings is 1. The molecule has 0 spiro atoms. The zero-order chi connectivity index (χ0) is 14.5. The molecule has 1 heterocycles. The van der Waals surface area contributed by atoms with Crippen molar-refractivity contribution in [1.29, 1.82) is 0 Å². The molecule has 0 N–H and O–H groups in total. The highest BCUT2D eigenvalue weighted by Crippen LogP contribution is 2.23. The van der Waals surface area contributed by atoms with Gasteiger partial charge in [0, 0.05) is 34.7 Å². The van der Waals surface area contributed by atoms with Crippen LogP contribution in [0.5, 0.6) is 0 Å². The number of rotatable bonds is 4. The van der Waals surface area contributed by atoms with Crippen molar-refractivity contribution in [3.63, 3.8) is 0 Å². The van der Waals surface area contributed by atoms with Crippen LogP contribution < -0.4 is 0 Å². The summed E-state index contributed by atoms with van der Waals surface area (Å²) in [5.41, 5.74) is 2.20. The van der Waals surface area contributed by atoms with Gasteiger partial charge in [0.25, 0.3) is 5.91 Å². The number of nitrogens with zero attached hydrogens (tertiary/aromatic N) is 2. The molecular formula is C16H15BrN2O. The van der Waals surface area contributed by atoms with Gasteiger partial charge in [0.05, 0.1) is 5.56 Å². The molecule has 0 aliphatic carbocycles. The lowest BCUT2D eigenvalue weighted by atomic mass is 10.1. The summed E-state index contributed by atoms with van der Waals surface area (Å²) in [7, 11) is 0. The second kappa shape index (κ2) is 6.48. The molecule has 3 nitrogen and oxygen atoms in total. The topological polar surface area (TPSA) is 33.2 Å². The summed E-state index contributed by atoms with van der Waals surface area (Å²) >= 11 is 3.41. The van der Waals surface area contributed by atoms with Crippen LogP contribution in [-0.4, -0.2) is 22.3 Å². The first-order valence-electron chi connectivity index (χ1n) is 6.30.